The van der Waals surface area contributed by atoms with Gasteiger partial charge >= 0.3 is 0 Å². The Kier molecular flexibility index (Phi) is 5.19. The van der Waals surface area contributed by atoms with E-state index >= 15 is 0 Å². The van der Waals surface area contributed by atoms with E-state index in [1.807, 2.05) is 25.1 Å². The molecule has 1 heterocycles. The predicted molar refractivity (Wildman–Crippen MR) is 86.8 cm³/mol. The van der Waals surface area contributed by atoms with Crippen LogP contribution in [0.1, 0.15) is 22.2 Å². The number of halogens is 2. The molecule has 100 valence electrons. The Bertz CT molecular complexity index is 569. The fourth-order valence-electron chi connectivity index (χ4n) is 1.76. The van der Waals surface area contributed by atoms with E-state index in [4.69, 9.17) is 0 Å². The summed E-state index contributed by atoms with van der Waals surface area (Å²) in [5.41, 5.74) is 0.654. The third kappa shape index (κ3) is 4.16. The number of nitrogens with one attached hydrogen (secondary N) is 1. The van der Waals surface area contributed by atoms with E-state index in [9.17, 15) is 4.79 Å². The maximum atomic E-state index is 12.2. The first-order valence-electron chi connectivity index (χ1n) is 5.84. The molecule has 1 unspecified atom stereocenters. The third-order valence-electron chi connectivity index (χ3n) is 2.64. The second-order valence-corrected chi connectivity index (χ2v) is 7.08. The molecule has 1 N–H and O–H groups in total. The molecule has 0 bridgehead atoms. The van der Waals surface area contributed by atoms with Gasteiger partial charge in [0.2, 0.25) is 0 Å². The van der Waals surface area contributed by atoms with Gasteiger partial charge in [0.1, 0.15) is 0 Å². The summed E-state index contributed by atoms with van der Waals surface area (Å²) in [6, 6.07) is 9.77. The molecule has 5 heteroatoms. The Morgan fingerprint density at radius 1 is 1.37 bits per heavy atom. The van der Waals surface area contributed by atoms with Crippen LogP contribution in [0.15, 0.2) is 44.7 Å². The number of amides is 1. The molecule has 0 spiro atoms. The van der Waals surface area contributed by atoms with Crippen LogP contribution in [0.3, 0.4) is 0 Å². The lowest BCUT2D eigenvalue weighted by molar-refractivity contribution is 0.0939. The van der Waals surface area contributed by atoms with E-state index in [1.54, 1.807) is 17.4 Å². The highest BCUT2D eigenvalue weighted by Crippen LogP contribution is 2.22. The van der Waals surface area contributed by atoms with E-state index in [1.165, 1.54) is 4.88 Å². The van der Waals surface area contributed by atoms with Crippen LogP contribution in [0.25, 0.3) is 0 Å². The van der Waals surface area contributed by atoms with Gasteiger partial charge in [-0.1, -0.05) is 22.0 Å². The van der Waals surface area contributed by atoms with Crippen molar-refractivity contribution in [1.82, 2.24) is 5.32 Å². The van der Waals surface area contributed by atoms with Crippen LogP contribution >= 0.6 is 43.2 Å². The summed E-state index contributed by atoms with van der Waals surface area (Å²) in [4.78, 5) is 13.4. The first-order chi connectivity index (χ1) is 9.06. The minimum atomic E-state index is -0.0524. The summed E-state index contributed by atoms with van der Waals surface area (Å²) in [6.07, 6.45) is 0.859. The van der Waals surface area contributed by atoms with Crippen molar-refractivity contribution >= 4 is 49.1 Å². The van der Waals surface area contributed by atoms with Gasteiger partial charge in [-0.25, -0.2) is 0 Å². The third-order valence-corrected chi connectivity index (χ3v) is 4.69. The molecule has 0 fully saturated rings. The Labute approximate surface area is 133 Å². The molecule has 2 aromatic rings. The van der Waals surface area contributed by atoms with Crippen molar-refractivity contribution in [2.75, 3.05) is 0 Å². The van der Waals surface area contributed by atoms with Crippen LogP contribution in [-0.4, -0.2) is 11.9 Å². The van der Waals surface area contributed by atoms with Crippen LogP contribution in [0.4, 0.5) is 0 Å². The number of hydrogen-bond acceptors (Lipinski definition) is 2. The lowest BCUT2D eigenvalue weighted by Gasteiger charge is -2.13. The maximum absolute atomic E-state index is 12.2. The van der Waals surface area contributed by atoms with E-state index in [0.29, 0.717) is 5.56 Å². The van der Waals surface area contributed by atoms with Gasteiger partial charge < -0.3 is 5.32 Å². The second kappa shape index (κ2) is 6.68. The molecule has 2 nitrogen and oxygen atoms in total. The van der Waals surface area contributed by atoms with E-state index in [-0.39, 0.29) is 11.9 Å². The van der Waals surface area contributed by atoms with Crippen molar-refractivity contribution in [2.24, 2.45) is 0 Å². The molecule has 1 aromatic heterocycles. The number of thiophene rings is 1. The lowest BCUT2D eigenvalue weighted by Crippen LogP contribution is -2.34. The van der Waals surface area contributed by atoms with E-state index in [0.717, 1.165) is 15.4 Å². The van der Waals surface area contributed by atoms with E-state index < -0.39 is 0 Å². The van der Waals surface area contributed by atoms with Crippen LogP contribution in [0.5, 0.6) is 0 Å². The molecule has 1 aromatic carbocycles. The summed E-state index contributed by atoms with van der Waals surface area (Å²) in [7, 11) is 0. The molecule has 0 saturated heterocycles. The Morgan fingerprint density at radius 3 is 2.79 bits per heavy atom. The summed E-state index contributed by atoms with van der Waals surface area (Å²) in [5, 5.41) is 5.07. The van der Waals surface area contributed by atoms with Crippen LogP contribution in [0.2, 0.25) is 0 Å². The highest BCUT2D eigenvalue weighted by Gasteiger charge is 2.13. The fourth-order valence-corrected chi connectivity index (χ4v) is 3.82. The van der Waals surface area contributed by atoms with Crippen LogP contribution in [-0.2, 0) is 6.42 Å². The van der Waals surface area contributed by atoms with Crippen LogP contribution < -0.4 is 5.32 Å². The van der Waals surface area contributed by atoms with Gasteiger partial charge in [-0.15, -0.1) is 11.3 Å². The first-order valence-corrected chi connectivity index (χ1v) is 8.31. The molecule has 0 radical (unpaired) electrons. The quantitative estimate of drug-likeness (QED) is 0.793. The molecule has 1 amide bonds. The zero-order chi connectivity index (χ0) is 13.8. The van der Waals surface area contributed by atoms with Gasteiger partial charge in [0.25, 0.3) is 5.91 Å². The fraction of sp³-hybridized carbons (Fsp3) is 0.214. The van der Waals surface area contributed by atoms with Crippen molar-refractivity contribution in [3.63, 3.8) is 0 Å². The molecule has 0 aliphatic heterocycles. The van der Waals surface area contributed by atoms with Crippen molar-refractivity contribution < 1.29 is 4.79 Å². The largest absolute Gasteiger partial charge is 0.349 e. The van der Waals surface area contributed by atoms with Gasteiger partial charge in [-0.2, -0.15) is 0 Å². The lowest BCUT2D eigenvalue weighted by atomic mass is 10.1. The summed E-state index contributed by atoms with van der Waals surface area (Å²) < 4.78 is 1.74. The second-order valence-electron chi connectivity index (χ2n) is 4.28. The average molecular weight is 403 g/mol. The number of carbonyl (C=O) groups excluding carboxylic acids is 1. The van der Waals surface area contributed by atoms with Crippen molar-refractivity contribution in [3.8, 4) is 0 Å². The standard InChI is InChI=1S/C14H13Br2NOS/c1-9(7-11-3-2-6-19-11)17-14(18)12-5-4-10(15)8-13(12)16/h2-6,8-9H,7H2,1H3,(H,17,18). The number of rotatable bonds is 4. The van der Waals surface area contributed by atoms with Gasteiger partial charge in [0.15, 0.2) is 0 Å². The van der Waals surface area contributed by atoms with Gasteiger partial charge in [0, 0.05) is 26.3 Å². The number of hydrogen-bond donors (Lipinski definition) is 1. The Morgan fingerprint density at radius 2 is 2.16 bits per heavy atom. The zero-order valence-corrected chi connectivity index (χ0v) is 14.3. The smallest absolute Gasteiger partial charge is 0.252 e. The van der Waals surface area contributed by atoms with E-state index in [2.05, 4.69) is 48.6 Å². The molecular weight excluding hydrogens is 390 g/mol. The Hall–Kier alpha value is -0.650. The van der Waals surface area contributed by atoms with Crippen LogP contribution in [0, 0.1) is 0 Å². The average Bonchev–Trinajstić information content (AvgIpc) is 2.81. The minimum absolute atomic E-state index is 0.0524. The molecule has 0 saturated carbocycles. The maximum Gasteiger partial charge on any atom is 0.252 e. The van der Waals surface area contributed by atoms with Crippen molar-refractivity contribution in [3.05, 3.63) is 55.1 Å². The highest BCUT2D eigenvalue weighted by molar-refractivity contribution is 9.11. The molecular formula is C14H13Br2NOS. The molecule has 2 rings (SSSR count). The monoisotopic (exact) mass is 401 g/mol. The predicted octanol–water partition coefficient (Wildman–Crippen LogP) is 4.63. The van der Waals surface area contributed by atoms with Crippen molar-refractivity contribution in [2.45, 2.75) is 19.4 Å². The van der Waals surface area contributed by atoms with Gasteiger partial charge in [0.05, 0.1) is 5.56 Å². The molecule has 0 aliphatic carbocycles. The minimum Gasteiger partial charge on any atom is -0.349 e. The number of carbonyl (C=O) groups is 1. The SMILES string of the molecule is CC(Cc1cccs1)NC(=O)c1ccc(Br)cc1Br. The normalized spacial score (nSPS) is 12.2. The summed E-state index contributed by atoms with van der Waals surface area (Å²) >= 11 is 8.50. The van der Waals surface area contributed by atoms with Gasteiger partial charge in [-0.05, 0) is 52.5 Å². The van der Waals surface area contributed by atoms with Crippen molar-refractivity contribution in [1.29, 1.82) is 0 Å². The summed E-state index contributed by atoms with van der Waals surface area (Å²) in [5.74, 6) is -0.0524. The topological polar surface area (TPSA) is 29.1 Å². The van der Waals surface area contributed by atoms with Gasteiger partial charge in [-0.3, -0.25) is 4.79 Å². The summed E-state index contributed by atoms with van der Waals surface area (Å²) in [6.45, 7) is 2.02. The number of benzene rings is 1. The first kappa shape index (κ1) is 14.8. The molecule has 19 heavy (non-hydrogen) atoms. The molecule has 0 aliphatic rings. The molecule has 1 atom stereocenters. The zero-order valence-electron chi connectivity index (χ0n) is 10.3. The Balaban J connectivity index is 2.00. The highest BCUT2D eigenvalue weighted by atomic mass is 79.9.